The summed E-state index contributed by atoms with van der Waals surface area (Å²) in [5, 5.41) is 3.77. The van der Waals surface area contributed by atoms with Gasteiger partial charge in [-0.1, -0.05) is 5.16 Å². The van der Waals surface area contributed by atoms with Gasteiger partial charge in [0.05, 0.1) is 12.2 Å². The maximum Gasteiger partial charge on any atom is 0.278 e. The average molecular weight is 202 g/mol. The van der Waals surface area contributed by atoms with Gasteiger partial charge in [0.25, 0.3) is 5.89 Å². The zero-order chi connectivity index (χ0) is 10.3. The number of aliphatic imine (C=N–C) groups is 1. The number of fused-ring (bicyclic) bond motifs is 1. The van der Waals surface area contributed by atoms with Gasteiger partial charge in [-0.15, -0.1) is 0 Å². The molecule has 2 aromatic rings. The summed E-state index contributed by atoms with van der Waals surface area (Å²) in [5.41, 5.74) is 1.84. The molecule has 1 aliphatic rings. The average Bonchev–Trinajstić information content (AvgIpc) is 2.84. The van der Waals surface area contributed by atoms with Crippen LogP contribution in [0.1, 0.15) is 17.4 Å². The van der Waals surface area contributed by atoms with Gasteiger partial charge in [0.2, 0.25) is 0 Å². The molecule has 3 heterocycles. The van der Waals surface area contributed by atoms with Crippen LogP contribution in [0.15, 0.2) is 27.8 Å². The van der Waals surface area contributed by atoms with E-state index in [1.54, 1.807) is 6.92 Å². The van der Waals surface area contributed by atoms with E-state index in [0.717, 1.165) is 24.5 Å². The van der Waals surface area contributed by atoms with Crippen LogP contribution >= 0.6 is 0 Å². The van der Waals surface area contributed by atoms with Gasteiger partial charge in [-0.05, 0) is 19.1 Å². The summed E-state index contributed by atoms with van der Waals surface area (Å²) in [6.07, 6.45) is 2.03. The first-order chi connectivity index (χ1) is 7.34. The number of aryl methyl sites for hydroxylation is 1. The number of nitrogens with zero attached hydrogens (tertiary/aromatic N) is 4. The van der Waals surface area contributed by atoms with Gasteiger partial charge < -0.3 is 9.09 Å². The minimum atomic E-state index is 0.507. The number of hydrogen-bond donors (Lipinski definition) is 0. The third-order valence-corrected chi connectivity index (χ3v) is 2.41. The van der Waals surface area contributed by atoms with Gasteiger partial charge in [0.15, 0.2) is 5.82 Å². The maximum atomic E-state index is 5.12. The zero-order valence-electron chi connectivity index (χ0n) is 8.34. The molecule has 0 bridgehead atoms. The molecule has 76 valence electrons. The molecular formula is C10H10N4O. The van der Waals surface area contributed by atoms with E-state index in [4.69, 9.17) is 4.52 Å². The topological polar surface area (TPSA) is 56.2 Å². The van der Waals surface area contributed by atoms with Crippen molar-refractivity contribution in [2.24, 2.45) is 4.99 Å². The van der Waals surface area contributed by atoms with E-state index in [-0.39, 0.29) is 0 Å². The summed E-state index contributed by atoms with van der Waals surface area (Å²) in [5.74, 6) is 1.14. The Morgan fingerprint density at radius 1 is 1.47 bits per heavy atom. The van der Waals surface area contributed by atoms with Crippen LogP contribution in [0, 0.1) is 6.92 Å². The molecule has 15 heavy (non-hydrogen) atoms. The minimum absolute atomic E-state index is 0.507. The highest BCUT2D eigenvalue weighted by atomic mass is 16.5. The summed E-state index contributed by atoms with van der Waals surface area (Å²) in [7, 11) is 0. The molecule has 0 aliphatic carbocycles. The molecule has 0 N–H and O–H groups in total. The van der Waals surface area contributed by atoms with Crippen LogP contribution in [0.2, 0.25) is 0 Å². The Labute approximate surface area is 86.4 Å². The van der Waals surface area contributed by atoms with Crippen molar-refractivity contribution in [3.63, 3.8) is 0 Å². The Morgan fingerprint density at radius 3 is 3.20 bits per heavy atom. The standard InChI is InChI=1S/C10H10N4O/c1-7-12-10(15-13-7)9-8-3-2-5-14(8)6-4-11-9/h2-3,5H,4,6H2,1H3. The molecule has 0 aromatic carbocycles. The van der Waals surface area contributed by atoms with E-state index in [2.05, 4.69) is 19.7 Å². The molecule has 5 heteroatoms. The molecule has 0 saturated carbocycles. The predicted octanol–water partition coefficient (Wildman–Crippen LogP) is 1.03. The molecule has 0 unspecified atom stereocenters. The fourth-order valence-electron chi connectivity index (χ4n) is 1.75. The highest BCUT2D eigenvalue weighted by Crippen LogP contribution is 2.14. The molecule has 0 saturated heterocycles. The molecule has 0 radical (unpaired) electrons. The summed E-state index contributed by atoms with van der Waals surface area (Å²) in [6, 6.07) is 4.01. The fraction of sp³-hybridized carbons (Fsp3) is 0.300. The second kappa shape index (κ2) is 3.05. The van der Waals surface area contributed by atoms with Crippen molar-refractivity contribution >= 4 is 5.71 Å². The first kappa shape index (κ1) is 8.40. The molecule has 2 aromatic heterocycles. The quantitative estimate of drug-likeness (QED) is 0.694. The van der Waals surface area contributed by atoms with Crippen molar-refractivity contribution in [1.29, 1.82) is 0 Å². The van der Waals surface area contributed by atoms with Gasteiger partial charge >= 0.3 is 0 Å². The molecule has 0 spiro atoms. The predicted molar refractivity (Wildman–Crippen MR) is 54.0 cm³/mol. The van der Waals surface area contributed by atoms with E-state index in [9.17, 15) is 0 Å². The number of hydrogen-bond acceptors (Lipinski definition) is 4. The molecule has 0 amide bonds. The van der Waals surface area contributed by atoms with Gasteiger partial charge in [-0.2, -0.15) is 4.98 Å². The minimum Gasteiger partial charge on any atom is -0.344 e. The second-order valence-corrected chi connectivity index (χ2v) is 3.46. The molecule has 1 aliphatic heterocycles. The molecule has 0 atom stereocenters. The zero-order valence-corrected chi connectivity index (χ0v) is 8.34. The first-order valence-electron chi connectivity index (χ1n) is 4.85. The highest BCUT2D eigenvalue weighted by Gasteiger charge is 2.19. The van der Waals surface area contributed by atoms with Gasteiger partial charge in [0.1, 0.15) is 5.71 Å². The van der Waals surface area contributed by atoms with E-state index in [0.29, 0.717) is 11.7 Å². The summed E-state index contributed by atoms with van der Waals surface area (Å²) in [6.45, 7) is 3.48. The number of aromatic nitrogens is 3. The SMILES string of the molecule is Cc1noc(C2=NCCn3cccc32)n1. The first-order valence-corrected chi connectivity index (χ1v) is 4.85. The van der Waals surface area contributed by atoms with Gasteiger partial charge in [-0.3, -0.25) is 4.99 Å². The number of rotatable bonds is 1. The van der Waals surface area contributed by atoms with Gasteiger partial charge in [-0.25, -0.2) is 0 Å². The van der Waals surface area contributed by atoms with Crippen LogP contribution in [-0.4, -0.2) is 27.0 Å². The highest BCUT2D eigenvalue weighted by molar-refractivity contribution is 6.09. The van der Waals surface area contributed by atoms with E-state index >= 15 is 0 Å². The Kier molecular flexibility index (Phi) is 1.71. The van der Waals surface area contributed by atoms with Crippen LogP contribution in [0.5, 0.6) is 0 Å². The summed E-state index contributed by atoms with van der Waals surface area (Å²) < 4.78 is 7.27. The normalized spacial score (nSPS) is 14.9. The van der Waals surface area contributed by atoms with Crippen molar-refractivity contribution in [2.75, 3.05) is 6.54 Å². The Hall–Kier alpha value is -1.91. The lowest BCUT2D eigenvalue weighted by Crippen LogP contribution is -2.18. The third-order valence-electron chi connectivity index (χ3n) is 2.41. The van der Waals surface area contributed by atoms with Crippen LogP contribution in [-0.2, 0) is 6.54 Å². The lowest BCUT2D eigenvalue weighted by molar-refractivity contribution is 0.405. The van der Waals surface area contributed by atoms with Crippen molar-refractivity contribution in [1.82, 2.24) is 14.7 Å². The smallest absolute Gasteiger partial charge is 0.278 e. The maximum absolute atomic E-state index is 5.12. The molecule has 5 nitrogen and oxygen atoms in total. The van der Waals surface area contributed by atoms with Crippen molar-refractivity contribution in [2.45, 2.75) is 13.5 Å². The monoisotopic (exact) mass is 202 g/mol. The fourth-order valence-corrected chi connectivity index (χ4v) is 1.75. The molecular weight excluding hydrogens is 192 g/mol. The molecule has 3 rings (SSSR count). The van der Waals surface area contributed by atoms with Crippen molar-refractivity contribution in [3.8, 4) is 0 Å². The van der Waals surface area contributed by atoms with Crippen LogP contribution < -0.4 is 0 Å². The van der Waals surface area contributed by atoms with E-state index < -0.39 is 0 Å². The van der Waals surface area contributed by atoms with Crippen LogP contribution in [0.25, 0.3) is 0 Å². The van der Waals surface area contributed by atoms with E-state index in [1.165, 1.54) is 0 Å². The summed E-state index contributed by atoms with van der Waals surface area (Å²) >= 11 is 0. The van der Waals surface area contributed by atoms with Crippen molar-refractivity contribution in [3.05, 3.63) is 35.7 Å². The Morgan fingerprint density at radius 2 is 2.40 bits per heavy atom. The van der Waals surface area contributed by atoms with Crippen LogP contribution in [0.3, 0.4) is 0 Å². The molecule has 0 fully saturated rings. The second-order valence-electron chi connectivity index (χ2n) is 3.46. The lowest BCUT2D eigenvalue weighted by Gasteiger charge is -2.13. The van der Waals surface area contributed by atoms with Crippen LogP contribution in [0.4, 0.5) is 0 Å². The lowest BCUT2D eigenvalue weighted by atomic mass is 10.2. The Bertz CT molecular complexity index is 523. The largest absolute Gasteiger partial charge is 0.344 e. The van der Waals surface area contributed by atoms with Gasteiger partial charge in [0, 0.05) is 12.7 Å². The Balaban J connectivity index is 2.11. The third kappa shape index (κ3) is 1.27. The summed E-state index contributed by atoms with van der Waals surface area (Å²) in [4.78, 5) is 8.62. The van der Waals surface area contributed by atoms with E-state index in [1.807, 2.05) is 18.3 Å². The van der Waals surface area contributed by atoms with Crippen molar-refractivity contribution < 1.29 is 4.52 Å².